The molecular weight excluding hydrogens is 294 g/mol. The molecule has 1 aliphatic heterocycles. The Morgan fingerprint density at radius 1 is 1.12 bits per heavy atom. The van der Waals surface area contributed by atoms with Crippen LogP contribution in [0.3, 0.4) is 0 Å². The topological polar surface area (TPSA) is 20.3 Å². The summed E-state index contributed by atoms with van der Waals surface area (Å²) in [6.45, 7) is 6.22. The first-order valence-electron chi connectivity index (χ1n) is 10.1. The maximum Gasteiger partial charge on any atom is 0.178 e. The van der Waals surface area contributed by atoms with E-state index in [0.29, 0.717) is 5.41 Å². The van der Waals surface area contributed by atoms with Crippen molar-refractivity contribution in [1.29, 1.82) is 0 Å². The molecule has 0 aromatic heterocycles. The van der Waals surface area contributed by atoms with Gasteiger partial charge in [0.1, 0.15) is 0 Å². The molecule has 0 amide bonds. The fourth-order valence-corrected chi connectivity index (χ4v) is 8.00. The minimum atomic E-state index is 0.159. The zero-order valence-electron chi connectivity index (χ0n) is 15.4. The summed E-state index contributed by atoms with van der Waals surface area (Å²) in [5.41, 5.74) is 2.20. The molecule has 7 atom stereocenters. The smallest absolute Gasteiger partial charge is 0.178 e. The van der Waals surface area contributed by atoms with Crippen LogP contribution in [0.25, 0.3) is 0 Å². The maximum absolute atomic E-state index is 11.9. The van der Waals surface area contributed by atoms with Crippen LogP contribution in [0.15, 0.2) is 23.8 Å². The normalized spacial score (nSPS) is 53.2. The van der Waals surface area contributed by atoms with Gasteiger partial charge < -0.3 is 4.90 Å². The fraction of sp³-hybridized carbons (Fsp3) is 0.773. The maximum atomic E-state index is 11.9. The Kier molecular flexibility index (Phi) is 3.10. The summed E-state index contributed by atoms with van der Waals surface area (Å²) in [6, 6.07) is 0.772. The van der Waals surface area contributed by atoms with Gasteiger partial charge in [0.15, 0.2) is 5.78 Å². The van der Waals surface area contributed by atoms with Crippen molar-refractivity contribution < 1.29 is 4.79 Å². The summed E-state index contributed by atoms with van der Waals surface area (Å²) < 4.78 is 0. The lowest BCUT2D eigenvalue weighted by Gasteiger charge is -2.57. The lowest BCUT2D eigenvalue weighted by Crippen LogP contribution is -2.51. The van der Waals surface area contributed by atoms with Crippen LogP contribution in [0.1, 0.15) is 52.4 Å². The zero-order chi connectivity index (χ0) is 16.7. The van der Waals surface area contributed by atoms with Crippen LogP contribution in [-0.4, -0.2) is 30.3 Å². The standard InChI is InChI=1S/C22H31NO/c1-14-18-6-7-20-17-5-4-15-12-16(24)8-10-21(15,2)19(17)9-11-22(18,20)13-23(14)3/h8,10,12,14,17-20H,4-7,9,11,13H2,1-3H3/t14-,17+,18+,19-,20-,21+,22-/m0/s1. The lowest BCUT2D eigenvalue weighted by molar-refractivity contribution is -0.111. The van der Waals surface area contributed by atoms with Gasteiger partial charge >= 0.3 is 0 Å². The average Bonchev–Trinajstić information content (AvgIpc) is 3.03. The number of nitrogens with zero attached hydrogens (tertiary/aromatic N) is 1. The Labute approximate surface area is 146 Å². The predicted octanol–water partition coefficient (Wildman–Crippen LogP) is 4.22. The number of carbonyl (C=O) groups is 1. The van der Waals surface area contributed by atoms with Gasteiger partial charge in [-0.25, -0.2) is 0 Å². The van der Waals surface area contributed by atoms with Crippen molar-refractivity contribution in [3.8, 4) is 0 Å². The van der Waals surface area contributed by atoms with Crippen molar-refractivity contribution in [1.82, 2.24) is 4.90 Å². The number of ketones is 1. The predicted molar refractivity (Wildman–Crippen MR) is 96.5 cm³/mol. The third-order valence-corrected chi connectivity index (χ3v) is 9.16. The third kappa shape index (κ3) is 1.74. The van der Waals surface area contributed by atoms with Gasteiger partial charge in [-0.3, -0.25) is 4.79 Å². The quantitative estimate of drug-likeness (QED) is 0.664. The fourth-order valence-electron chi connectivity index (χ4n) is 8.00. The van der Waals surface area contributed by atoms with E-state index >= 15 is 0 Å². The average molecular weight is 325 g/mol. The highest BCUT2D eigenvalue weighted by atomic mass is 16.1. The first kappa shape index (κ1) is 15.4. The number of hydrogen-bond acceptors (Lipinski definition) is 2. The molecule has 1 heterocycles. The van der Waals surface area contributed by atoms with E-state index in [1.54, 1.807) is 0 Å². The molecule has 0 bridgehead atoms. The minimum Gasteiger partial charge on any atom is -0.303 e. The molecule has 4 aliphatic carbocycles. The minimum absolute atomic E-state index is 0.159. The van der Waals surface area contributed by atoms with E-state index in [0.717, 1.165) is 36.1 Å². The second-order valence-electron chi connectivity index (χ2n) is 9.71. The molecule has 2 heteroatoms. The molecule has 0 aromatic carbocycles. The van der Waals surface area contributed by atoms with E-state index in [1.165, 1.54) is 44.2 Å². The molecule has 0 radical (unpaired) electrons. The van der Waals surface area contributed by atoms with Crippen LogP contribution in [0.2, 0.25) is 0 Å². The summed E-state index contributed by atoms with van der Waals surface area (Å²) in [6.07, 6.45) is 14.3. The van der Waals surface area contributed by atoms with E-state index in [1.807, 2.05) is 12.2 Å². The third-order valence-electron chi connectivity index (χ3n) is 9.16. The molecule has 2 nitrogen and oxygen atoms in total. The second-order valence-corrected chi connectivity index (χ2v) is 9.71. The van der Waals surface area contributed by atoms with Crippen LogP contribution in [0, 0.1) is 34.5 Å². The highest BCUT2D eigenvalue weighted by Gasteiger charge is 2.63. The summed E-state index contributed by atoms with van der Waals surface area (Å²) in [4.78, 5) is 14.5. The molecule has 5 rings (SSSR count). The number of likely N-dealkylation sites (tertiary alicyclic amines) is 1. The number of fused-ring (bicyclic) bond motifs is 4. The zero-order valence-corrected chi connectivity index (χ0v) is 15.4. The highest BCUT2D eigenvalue weighted by molar-refractivity contribution is 6.01. The van der Waals surface area contributed by atoms with Gasteiger partial charge in [-0.1, -0.05) is 18.6 Å². The van der Waals surface area contributed by atoms with Crippen LogP contribution in [0.5, 0.6) is 0 Å². The number of rotatable bonds is 0. The van der Waals surface area contributed by atoms with Crippen molar-refractivity contribution in [2.75, 3.05) is 13.6 Å². The first-order chi connectivity index (χ1) is 11.5. The number of allylic oxidation sites excluding steroid dienone is 4. The molecule has 3 saturated carbocycles. The molecule has 130 valence electrons. The van der Waals surface area contributed by atoms with Crippen LogP contribution in [0.4, 0.5) is 0 Å². The Balaban J connectivity index is 1.51. The summed E-state index contributed by atoms with van der Waals surface area (Å²) in [7, 11) is 2.35. The molecule has 4 fully saturated rings. The summed E-state index contributed by atoms with van der Waals surface area (Å²) >= 11 is 0. The summed E-state index contributed by atoms with van der Waals surface area (Å²) in [5, 5.41) is 0. The monoisotopic (exact) mass is 325 g/mol. The van der Waals surface area contributed by atoms with Crippen molar-refractivity contribution >= 4 is 5.78 Å². The van der Waals surface area contributed by atoms with Crippen molar-refractivity contribution in [3.63, 3.8) is 0 Å². The van der Waals surface area contributed by atoms with E-state index in [9.17, 15) is 4.79 Å². The second kappa shape index (κ2) is 4.84. The molecule has 24 heavy (non-hydrogen) atoms. The Bertz CT molecular complexity index is 648. The van der Waals surface area contributed by atoms with Gasteiger partial charge in [0.25, 0.3) is 0 Å². The summed E-state index contributed by atoms with van der Waals surface area (Å²) in [5.74, 6) is 3.71. The number of hydrogen-bond donors (Lipinski definition) is 0. The van der Waals surface area contributed by atoms with Gasteiger partial charge in [0.05, 0.1) is 0 Å². The Morgan fingerprint density at radius 2 is 1.92 bits per heavy atom. The highest BCUT2D eigenvalue weighted by Crippen LogP contribution is 2.68. The van der Waals surface area contributed by atoms with Gasteiger partial charge in [0.2, 0.25) is 0 Å². The Morgan fingerprint density at radius 3 is 2.75 bits per heavy atom. The molecular formula is C22H31NO. The molecule has 0 unspecified atom stereocenters. The van der Waals surface area contributed by atoms with E-state index < -0.39 is 0 Å². The SMILES string of the molecule is C[C@H]1[C@H]2CC[C@H]3[C@@H]4CCC5=CC(=O)C=C[C@@]5(C)[C@H]4CC[C@]23CN1C. The number of carbonyl (C=O) groups excluding carboxylic acids is 1. The van der Waals surface area contributed by atoms with Crippen LogP contribution < -0.4 is 0 Å². The molecule has 1 spiro atoms. The van der Waals surface area contributed by atoms with E-state index in [4.69, 9.17) is 0 Å². The first-order valence-corrected chi connectivity index (χ1v) is 10.1. The van der Waals surface area contributed by atoms with Crippen molar-refractivity contribution in [2.24, 2.45) is 34.5 Å². The molecule has 5 aliphatic rings. The van der Waals surface area contributed by atoms with E-state index in [-0.39, 0.29) is 11.2 Å². The van der Waals surface area contributed by atoms with Crippen LogP contribution in [-0.2, 0) is 4.79 Å². The molecule has 0 aromatic rings. The van der Waals surface area contributed by atoms with Gasteiger partial charge in [-0.05, 0) is 93.7 Å². The largest absolute Gasteiger partial charge is 0.303 e. The Hall–Kier alpha value is -0.890. The van der Waals surface area contributed by atoms with Gasteiger partial charge in [0, 0.05) is 18.0 Å². The van der Waals surface area contributed by atoms with Crippen LogP contribution >= 0.6 is 0 Å². The van der Waals surface area contributed by atoms with E-state index in [2.05, 4.69) is 31.9 Å². The lowest BCUT2D eigenvalue weighted by atomic mass is 9.47. The van der Waals surface area contributed by atoms with Crippen molar-refractivity contribution in [2.45, 2.75) is 58.4 Å². The molecule has 1 saturated heterocycles. The van der Waals surface area contributed by atoms with Gasteiger partial charge in [-0.2, -0.15) is 0 Å². The van der Waals surface area contributed by atoms with Crippen molar-refractivity contribution in [3.05, 3.63) is 23.8 Å². The molecule has 0 N–H and O–H groups in total. The van der Waals surface area contributed by atoms with Gasteiger partial charge in [-0.15, -0.1) is 0 Å².